The van der Waals surface area contributed by atoms with Crippen LogP contribution in [0.2, 0.25) is 0 Å². The Morgan fingerprint density at radius 1 is 0.966 bits per heavy atom. The first-order chi connectivity index (χ1) is 13.8. The van der Waals surface area contributed by atoms with Crippen molar-refractivity contribution >= 4 is 15.9 Å². The fourth-order valence-electron chi connectivity index (χ4n) is 3.63. The Bertz CT molecular complexity index is 977. The molecule has 5 nitrogen and oxygen atoms in total. The quantitative estimate of drug-likeness (QED) is 0.790. The van der Waals surface area contributed by atoms with Crippen molar-refractivity contribution in [2.24, 2.45) is 0 Å². The van der Waals surface area contributed by atoms with Gasteiger partial charge in [0.25, 0.3) is 5.91 Å². The fourth-order valence-corrected chi connectivity index (χ4v) is 5.19. The maximum absolute atomic E-state index is 13.0. The third kappa shape index (κ3) is 5.06. The number of benzene rings is 2. The molecule has 0 saturated carbocycles. The van der Waals surface area contributed by atoms with E-state index < -0.39 is 10.0 Å². The van der Waals surface area contributed by atoms with Gasteiger partial charge >= 0.3 is 0 Å². The van der Waals surface area contributed by atoms with Gasteiger partial charge in [0.05, 0.1) is 10.9 Å². The van der Waals surface area contributed by atoms with Crippen LogP contribution in [-0.2, 0) is 10.0 Å². The van der Waals surface area contributed by atoms with Crippen LogP contribution in [0.15, 0.2) is 47.4 Å². The number of carbonyl (C=O) groups excluding carboxylic acids is 1. The smallest absolute Gasteiger partial charge is 0.251 e. The Balaban J connectivity index is 1.77. The molecule has 1 fully saturated rings. The standard InChI is InChI=1S/C23H30N2O3S/c1-17-11-12-20(15-18(17)2)19(3)24-23(26)21-9-8-10-22(16-21)29(27,28)25-13-6-4-5-7-14-25/h8-12,15-16,19H,4-7,13-14H2,1-3H3,(H,24,26). The summed E-state index contributed by atoms with van der Waals surface area (Å²) in [6.07, 6.45) is 3.88. The van der Waals surface area contributed by atoms with E-state index in [0.29, 0.717) is 18.7 Å². The van der Waals surface area contributed by atoms with Crippen molar-refractivity contribution in [1.29, 1.82) is 0 Å². The number of rotatable bonds is 5. The van der Waals surface area contributed by atoms with Gasteiger partial charge in [0.2, 0.25) is 10.0 Å². The lowest BCUT2D eigenvalue weighted by molar-refractivity contribution is 0.0939. The minimum absolute atomic E-state index is 0.173. The minimum Gasteiger partial charge on any atom is -0.346 e. The lowest BCUT2D eigenvalue weighted by Crippen LogP contribution is -2.32. The molecule has 1 saturated heterocycles. The van der Waals surface area contributed by atoms with Crippen LogP contribution >= 0.6 is 0 Å². The van der Waals surface area contributed by atoms with Gasteiger partial charge in [0.15, 0.2) is 0 Å². The zero-order chi connectivity index (χ0) is 21.0. The minimum atomic E-state index is -3.58. The van der Waals surface area contributed by atoms with Crippen LogP contribution in [0.3, 0.4) is 0 Å². The van der Waals surface area contributed by atoms with Crippen molar-refractivity contribution in [1.82, 2.24) is 9.62 Å². The molecule has 6 heteroatoms. The van der Waals surface area contributed by atoms with Crippen LogP contribution in [0.1, 0.15) is 65.7 Å². The Hall–Kier alpha value is -2.18. The first-order valence-corrected chi connectivity index (χ1v) is 11.7. The molecule has 0 aromatic heterocycles. The molecule has 2 aromatic carbocycles. The largest absolute Gasteiger partial charge is 0.346 e. The van der Waals surface area contributed by atoms with E-state index in [9.17, 15) is 13.2 Å². The third-order valence-electron chi connectivity index (χ3n) is 5.68. The fraction of sp³-hybridized carbons (Fsp3) is 0.435. The van der Waals surface area contributed by atoms with Crippen LogP contribution in [0, 0.1) is 13.8 Å². The van der Waals surface area contributed by atoms with Crippen molar-refractivity contribution in [3.8, 4) is 0 Å². The van der Waals surface area contributed by atoms with Crippen molar-refractivity contribution in [3.05, 3.63) is 64.7 Å². The van der Waals surface area contributed by atoms with Gasteiger partial charge < -0.3 is 5.32 Å². The number of hydrogen-bond acceptors (Lipinski definition) is 3. The zero-order valence-corrected chi connectivity index (χ0v) is 18.3. The summed E-state index contributed by atoms with van der Waals surface area (Å²) in [4.78, 5) is 13.0. The van der Waals surface area contributed by atoms with E-state index in [0.717, 1.165) is 31.2 Å². The Labute approximate surface area is 174 Å². The molecule has 1 heterocycles. The van der Waals surface area contributed by atoms with Gasteiger partial charge in [-0.05, 0) is 68.5 Å². The monoisotopic (exact) mass is 414 g/mol. The first kappa shape index (κ1) is 21.5. The topological polar surface area (TPSA) is 66.5 Å². The van der Waals surface area contributed by atoms with Gasteiger partial charge in [0, 0.05) is 18.7 Å². The Morgan fingerprint density at radius 3 is 2.31 bits per heavy atom. The van der Waals surface area contributed by atoms with Crippen molar-refractivity contribution in [2.75, 3.05) is 13.1 Å². The third-order valence-corrected chi connectivity index (χ3v) is 7.57. The zero-order valence-electron chi connectivity index (χ0n) is 17.4. The van der Waals surface area contributed by atoms with Crippen LogP contribution in [0.4, 0.5) is 0 Å². The molecule has 1 amide bonds. The van der Waals surface area contributed by atoms with Gasteiger partial charge in [-0.3, -0.25) is 4.79 Å². The molecular formula is C23H30N2O3S. The van der Waals surface area contributed by atoms with Crippen LogP contribution in [0.5, 0.6) is 0 Å². The van der Waals surface area contributed by atoms with E-state index >= 15 is 0 Å². The van der Waals surface area contributed by atoms with Gasteiger partial charge in [-0.2, -0.15) is 4.31 Å². The first-order valence-electron chi connectivity index (χ1n) is 10.3. The maximum atomic E-state index is 13.0. The molecule has 29 heavy (non-hydrogen) atoms. The van der Waals surface area contributed by atoms with E-state index in [-0.39, 0.29) is 16.8 Å². The van der Waals surface area contributed by atoms with E-state index in [1.807, 2.05) is 26.0 Å². The average molecular weight is 415 g/mol. The van der Waals surface area contributed by atoms with E-state index in [4.69, 9.17) is 0 Å². The lowest BCUT2D eigenvalue weighted by atomic mass is 10.0. The number of nitrogens with zero attached hydrogens (tertiary/aromatic N) is 1. The molecule has 1 aliphatic rings. The normalized spacial score (nSPS) is 16.8. The number of nitrogens with one attached hydrogen (secondary N) is 1. The van der Waals surface area contributed by atoms with Crippen LogP contribution in [-0.4, -0.2) is 31.7 Å². The molecule has 1 atom stereocenters. The van der Waals surface area contributed by atoms with Crippen LogP contribution in [0.25, 0.3) is 0 Å². The molecule has 0 bridgehead atoms. The molecule has 3 rings (SSSR count). The maximum Gasteiger partial charge on any atom is 0.251 e. The van der Waals surface area contributed by atoms with Gasteiger partial charge in [-0.25, -0.2) is 8.42 Å². The van der Waals surface area contributed by atoms with Gasteiger partial charge in [0.1, 0.15) is 0 Å². The SMILES string of the molecule is Cc1ccc(C(C)NC(=O)c2cccc(S(=O)(=O)N3CCCCCC3)c2)cc1C. The number of amides is 1. The highest BCUT2D eigenvalue weighted by atomic mass is 32.2. The van der Waals surface area contributed by atoms with E-state index in [2.05, 4.69) is 18.3 Å². The summed E-state index contributed by atoms with van der Waals surface area (Å²) >= 11 is 0. The molecule has 2 aromatic rings. The highest BCUT2D eigenvalue weighted by Gasteiger charge is 2.26. The summed E-state index contributed by atoms with van der Waals surface area (Å²) in [7, 11) is -3.58. The number of hydrogen-bond donors (Lipinski definition) is 1. The molecule has 1 aliphatic heterocycles. The molecule has 1 N–H and O–H groups in total. The predicted molar refractivity (Wildman–Crippen MR) is 115 cm³/mol. The molecular weight excluding hydrogens is 384 g/mol. The molecule has 0 spiro atoms. The Morgan fingerprint density at radius 2 is 1.66 bits per heavy atom. The summed E-state index contributed by atoms with van der Waals surface area (Å²) in [6, 6.07) is 12.3. The van der Waals surface area contributed by atoms with E-state index in [1.165, 1.54) is 17.2 Å². The summed E-state index contributed by atoms with van der Waals surface area (Å²) in [5.41, 5.74) is 3.76. The summed E-state index contributed by atoms with van der Waals surface area (Å²) in [5.74, 6) is -0.274. The van der Waals surface area contributed by atoms with Gasteiger partial charge in [-0.1, -0.05) is 37.1 Å². The van der Waals surface area contributed by atoms with Gasteiger partial charge in [-0.15, -0.1) is 0 Å². The second-order valence-electron chi connectivity index (χ2n) is 7.88. The average Bonchev–Trinajstić information content (AvgIpc) is 3.00. The highest BCUT2D eigenvalue weighted by molar-refractivity contribution is 7.89. The lowest BCUT2D eigenvalue weighted by Gasteiger charge is -2.20. The Kier molecular flexibility index (Phi) is 6.75. The molecule has 156 valence electrons. The summed E-state index contributed by atoms with van der Waals surface area (Å²) in [5, 5.41) is 2.98. The second-order valence-corrected chi connectivity index (χ2v) is 9.82. The number of carbonyl (C=O) groups is 1. The highest BCUT2D eigenvalue weighted by Crippen LogP contribution is 2.22. The van der Waals surface area contributed by atoms with Crippen molar-refractivity contribution in [3.63, 3.8) is 0 Å². The van der Waals surface area contributed by atoms with Crippen molar-refractivity contribution in [2.45, 2.75) is 57.4 Å². The summed E-state index contributed by atoms with van der Waals surface area (Å²) < 4.78 is 27.6. The second kappa shape index (κ2) is 9.09. The number of aryl methyl sites for hydroxylation is 2. The predicted octanol–water partition coefficient (Wildman–Crippen LogP) is 4.36. The molecule has 0 aliphatic carbocycles. The molecule has 1 unspecified atom stereocenters. The number of sulfonamides is 1. The molecule has 0 radical (unpaired) electrons. The van der Waals surface area contributed by atoms with Crippen molar-refractivity contribution < 1.29 is 13.2 Å². The van der Waals surface area contributed by atoms with E-state index in [1.54, 1.807) is 22.5 Å². The van der Waals surface area contributed by atoms with Crippen LogP contribution < -0.4 is 5.32 Å². The summed E-state index contributed by atoms with van der Waals surface area (Å²) in [6.45, 7) is 7.12.